The highest BCUT2D eigenvalue weighted by Crippen LogP contribution is 2.06. The maximum Gasteiger partial charge on any atom is 0.410 e. The van der Waals surface area contributed by atoms with Gasteiger partial charge in [0.25, 0.3) is 0 Å². The van der Waals surface area contributed by atoms with Crippen molar-refractivity contribution in [2.45, 2.75) is 19.4 Å². The van der Waals surface area contributed by atoms with E-state index in [1.807, 2.05) is 0 Å². The highest BCUT2D eigenvalue weighted by molar-refractivity contribution is 5.83. The number of methoxy groups -OCH3 is 1. The van der Waals surface area contributed by atoms with Gasteiger partial charge in [0.2, 0.25) is 0 Å². The van der Waals surface area contributed by atoms with Crippen LogP contribution in [0, 0.1) is 0 Å². The molecule has 1 atom stereocenters. The summed E-state index contributed by atoms with van der Waals surface area (Å²) >= 11 is 0. The van der Waals surface area contributed by atoms with Crippen molar-refractivity contribution in [3.05, 3.63) is 0 Å². The summed E-state index contributed by atoms with van der Waals surface area (Å²) < 4.78 is 8.83. The lowest BCUT2D eigenvalue weighted by Gasteiger charge is -2.25. The highest BCUT2D eigenvalue weighted by atomic mass is 16.6. The van der Waals surface area contributed by atoms with Gasteiger partial charge >= 0.3 is 18.0 Å². The van der Waals surface area contributed by atoms with E-state index in [1.165, 1.54) is 0 Å². The number of esters is 2. The number of carboxylic acid groups (broad SMARTS) is 1. The Hall–Kier alpha value is -2.12. The second kappa shape index (κ2) is 7.20. The normalized spacial score (nSPS) is 11.2. The molecule has 0 rings (SSSR count). The van der Waals surface area contributed by atoms with Crippen LogP contribution in [0.15, 0.2) is 0 Å². The van der Waals surface area contributed by atoms with Crippen LogP contribution in [0.25, 0.3) is 0 Å². The average molecular weight is 247 g/mol. The third kappa shape index (κ3) is 4.96. The maximum absolute atomic E-state index is 11.3. The molecule has 0 aromatic heterocycles. The highest BCUT2D eigenvalue weighted by Gasteiger charge is 2.31. The molecule has 1 N–H and O–H groups in total. The number of carbonyl (C=O) groups is 4. The zero-order chi connectivity index (χ0) is 13.4. The van der Waals surface area contributed by atoms with E-state index in [9.17, 15) is 19.2 Å². The molecular formula is C9H13NO7. The van der Waals surface area contributed by atoms with Crippen molar-refractivity contribution in [2.75, 3.05) is 13.8 Å². The van der Waals surface area contributed by atoms with E-state index >= 15 is 0 Å². The standard InChI is InChI=1S/C9H13NO7/c1-6(12)17-5-10(9(14)15)7(3-4-11)8(13)16-2/h4,7H,3,5H2,1-2H3,(H,14,15)/t7-/m0/s1. The number of aldehydes is 1. The van der Waals surface area contributed by atoms with Crippen molar-refractivity contribution >= 4 is 24.3 Å². The molecule has 17 heavy (non-hydrogen) atoms. The van der Waals surface area contributed by atoms with Gasteiger partial charge in [-0.3, -0.25) is 9.69 Å². The van der Waals surface area contributed by atoms with Crippen LogP contribution >= 0.6 is 0 Å². The van der Waals surface area contributed by atoms with Crippen molar-refractivity contribution in [1.82, 2.24) is 4.90 Å². The molecule has 96 valence electrons. The zero-order valence-electron chi connectivity index (χ0n) is 9.41. The molecule has 0 aliphatic heterocycles. The summed E-state index contributed by atoms with van der Waals surface area (Å²) in [6.45, 7) is 0.450. The molecule has 8 heteroatoms. The molecule has 0 unspecified atom stereocenters. The van der Waals surface area contributed by atoms with Crippen LogP contribution < -0.4 is 0 Å². The first-order valence-electron chi connectivity index (χ1n) is 4.58. The molecule has 0 aromatic carbocycles. The predicted octanol–water partition coefficient (Wildman–Crippen LogP) is -0.382. The molecule has 8 nitrogen and oxygen atoms in total. The van der Waals surface area contributed by atoms with Crippen LogP contribution in [0.1, 0.15) is 13.3 Å². The SMILES string of the molecule is COC(=O)[C@H](CC=O)N(COC(C)=O)C(=O)O. The quantitative estimate of drug-likeness (QED) is 0.387. The zero-order valence-corrected chi connectivity index (χ0v) is 9.41. The first-order valence-corrected chi connectivity index (χ1v) is 4.58. The fourth-order valence-corrected chi connectivity index (χ4v) is 1.02. The van der Waals surface area contributed by atoms with Crippen LogP contribution in [-0.2, 0) is 23.9 Å². The lowest BCUT2D eigenvalue weighted by atomic mass is 10.2. The van der Waals surface area contributed by atoms with Gasteiger partial charge in [0.15, 0.2) is 6.73 Å². The van der Waals surface area contributed by atoms with E-state index in [-0.39, 0.29) is 6.42 Å². The Kier molecular flexibility index (Phi) is 6.30. The van der Waals surface area contributed by atoms with E-state index in [2.05, 4.69) is 9.47 Å². The van der Waals surface area contributed by atoms with Crippen molar-refractivity contribution in [3.8, 4) is 0 Å². The van der Waals surface area contributed by atoms with Crippen LogP contribution in [0.2, 0.25) is 0 Å². The van der Waals surface area contributed by atoms with Gasteiger partial charge < -0.3 is 19.4 Å². The maximum atomic E-state index is 11.3. The second-order valence-electron chi connectivity index (χ2n) is 2.96. The third-order valence-electron chi connectivity index (χ3n) is 1.82. The first kappa shape index (κ1) is 14.9. The summed E-state index contributed by atoms with van der Waals surface area (Å²) in [6.07, 6.45) is -1.49. The molecule has 1 amide bonds. The van der Waals surface area contributed by atoms with E-state index < -0.39 is 30.8 Å². The Morgan fingerprint density at radius 2 is 2.00 bits per heavy atom. The number of nitrogens with zero attached hydrogens (tertiary/aromatic N) is 1. The third-order valence-corrected chi connectivity index (χ3v) is 1.82. The van der Waals surface area contributed by atoms with Crippen LogP contribution in [-0.4, -0.2) is 54.2 Å². The Bertz CT molecular complexity index is 314. The molecule has 0 saturated heterocycles. The summed E-state index contributed by atoms with van der Waals surface area (Å²) in [5.74, 6) is -1.60. The number of hydrogen-bond donors (Lipinski definition) is 1. The van der Waals surface area contributed by atoms with E-state index in [1.54, 1.807) is 0 Å². The lowest BCUT2D eigenvalue weighted by Crippen LogP contribution is -2.46. The molecule has 0 fully saturated rings. The largest absolute Gasteiger partial charge is 0.467 e. The van der Waals surface area contributed by atoms with Gasteiger partial charge in [-0.05, 0) is 0 Å². The van der Waals surface area contributed by atoms with Crippen molar-refractivity contribution in [3.63, 3.8) is 0 Å². The van der Waals surface area contributed by atoms with Crippen LogP contribution in [0.3, 0.4) is 0 Å². The Morgan fingerprint density at radius 1 is 1.41 bits per heavy atom. The van der Waals surface area contributed by atoms with E-state index in [4.69, 9.17) is 5.11 Å². The molecule has 0 radical (unpaired) electrons. The summed E-state index contributed by atoms with van der Waals surface area (Å²) in [6, 6.07) is -1.32. The number of amides is 1. The van der Waals surface area contributed by atoms with Crippen LogP contribution in [0.4, 0.5) is 4.79 Å². The summed E-state index contributed by atoms with van der Waals surface area (Å²) in [7, 11) is 1.06. The fourth-order valence-electron chi connectivity index (χ4n) is 1.02. The smallest absolute Gasteiger partial charge is 0.410 e. The molecule has 0 saturated carbocycles. The van der Waals surface area contributed by atoms with Gasteiger partial charge in [-0.15, -0.1) is 0 Å². The van der Waals surface area contributed by atoms with E-state index in [0.29, 0.717) is 11.2 Å². The van der Waals surface area contributed by atoms with Gasteiger partial charge in [0.1, 0.15) is 12.3 Å². The summed E-state index contributed by atoms with van der Waals surface area (Å²) in [4.78, 5) is 43.6. The predicted molar refractivity (Wildman–Crippen MR) is 53.0 cm³/mol. The molecule has 0 heterocycles. The molecule has 0 aromatic rings. The minimum Gasteiger partial charge on any atom is -0.467 e. The Morgan fingerprint density at radius 3 is 2.35 bits per heavy atom. The summed E-state index contributed by atoms with van der Waals surface area (Å²) in [5.41, 5.74) is 0. The molecule has 0 bridgehead atoms. The van der Waals surface area contributed by atoms with E-state index in [0.717, 1.165) is 14.0 Å². The van der Waals surface area contributed by atoms with Gasteiger partial charge in [0.05, 0.1) is 7.11 Å². The number of carbonyl (C=O) groups excluding carboxylic acids is 3. The lowest BCUT2D eigenvalue weighted by molar-refractivity contribution is -0.154. The van der Waals surface area contributed by atoms with Gasteiger partial charge in [-0.25, -0.2) is 9.59 Å². The van der Waals surface area contributed by atoms with Gasteiger partial charge in [-0.2, -0.15) is 0 Å². The number of ether oxygens (including phenoxy) is 2. The van der Waals surface area contributed by atoms with Crippen LogP contribution in [0.5, 0.6) is 0 Å². The molecular weight excluding hydrogens is 234 g/mol. The minimum absolute atomic E-state index is 0.375. The van der Waals surface area contributed by atoms with Gasteiger partial charge in [-0.1, -0.05) is 0 Å². The monoisotopic (exact) mass is 247 g/mol. The minimum atomic E-state index is -1.50. The Balaban J connectivity index is 4.81. The fraction of sp³-hybridized carbons (Fsp3) is 0.556. The molecule has 0 spiro atoms. The van der Waals surface area contributed by atoms with Gasteiger partial charge in [0, 0.05) is 13.3 Å². The summed E-state index contributed by atoms with van der Waals surface area (Å²) in [5, 5.41) is 8.84. The van der Waals surface area contributed by atoms with Crippen molar-refractivity contribution in [2.24, 2.45) is 0 Å². The van der Waals surface area contributed by atoms with Crippen molar-refractivity contribution < 1.29 is 33.8 Å². The van der Waals surface area contributed by atoms with Crippen molar-refractivity contribution in [1.29, 1.82) is 0 Å². The number of hydrogen-bond acceptors (Lipinski definition) is 6. The first-order chi connectivity index (χ1) is 7.93. The second-order valence-corrected chi connectivity index (χ2v) is 2.96. The topological polar surface area (TPSA) is 110 Å². The molecule has 0 aliphatic carbocycles. The average Bonchev–Trinajstić information content (AvgIpc) is 2.26. The number of rotatable bonds is 6. The Labute approximate surface area is 97.1 Å². The molecule has 0 aliphatic rings.